The minimum atomic E-state index is 0.252. The maximum Gasteiger partial charge on any atom is 0.0593 e. The van der Waals surface area contributed by atoms with Crippen molar-refractivity contribution in [3.63, 3.8) is 0 Å². The summed E-state index contributed by atoms with van der Waals surface area (Å²) in [5.74, 6) is 0. The highest BCUT2D eigenvalue weighted by Crippen LogP contribution is 2.00. The number of hydrogen-bond donors (Lipinski definition) is 1. The predicted molar refractivity (Wildman–Crippen MR) is 71.0 cm³/mol. The fourth-order valence-corrected chi connectivity index (χ4v) is 1.32. The second-order valence-corrected chi connectivity index (χ2v) is 5.65. The summed E-state index contributed by atoms with van der Waals surface area (Å²) in [6.07, 6.45) is 3.68. The maximum atomic E-state index is 5.53. The van der Waals surface area contributed by atoms with E-state index in [1.54, 1.807) is 0 Å². The zero-order chi connectivity index (χ0) is 12.4. The Bertz CT molecular complexity index is 153. The van der Waals surface area contributed by atoms with Gasteiger partial charge in [0.05, 0.1) is 6.61 Å². The molecule has 0 bridgehead atoms. The van der Waals surface area contributed by atoms with E-state index >= 15 is 0 Å². The van der Waals surface area contributed by atoms with Crippen molar-refractivity contribution in [3.8, 4) is 0 Å². The van der Waals surface area contributed by atoms with Gasteiger partial charge in [0.25, 0.3) is 0 Å². The Labute approximate surface area is 102 Å². The largest absolute Gasteiger partial charge is 0.380 e. The lowest BCUT2D eigenvalue weighted by atomic mass is 10.1. The van der Waals surface area contributed by atoms with Crippen LogP contribution in [0.4, 0.5) is 0 Å². The van der Waals surface area contributed by atoms with Crippen molar-refractivity contribution in [3.05, 3.63) is 0 Å². The molecule has 3 heteroatoms. The van der Waals surface area contributed by atoms with Crippen LogP contribution in [-0.2, 0) is 4.74 Å². The summed E-state index contributed by atoms with van der Waals surface area (Å²) in [6.45, 7) is 10.5. The van der Waals surface area contributed by atoms with Crippen molar-refractivity contribution in [2.75, 3.05) is 40.4 Å². The highest BCUT2D eigenvalue weighted by Gasteiger charge is 2.06. The van der Waals surface area contributed by atoms with Crippen molar-refractivity contribution >= 4 is 0 Å². The minimum absolute atomic E-state index is 0.252. The van der Waals surface area contributed by atoms with Gasteiger partial charge in [-0.1, -0.05) is 0 Å². The number of nitrogens with one attached hydrogen (secondary N) is 1. The molecule has 3 nitrogen and oxygen atoms in total. The molecule has 0 aliphatic heterocycles. The second kappa shape index (κ2) is 8.97. The third-order valence-corrected chi connectivity index (χ3v) is 2.30. The lowest BCUT2D eigenvalue weighted by molar-refractivity contribution is 0.114. The lowest BCUT2D eigenvalue weighted by Crippen LogP contribution is -2.36. The molecule has 98 valence electrons. The predicted octanol–water partition coefficient (Wildman–Crippen LogP) is 2.12. The Hall–Kier alpha value is -0.120. The first-order valence-electron chi connectivity index (χ1n) is 6.39. The molecule has 0 fully saturated rings. The van der Waals surface area contributed by atoms with E-state index in [-0.39, 0.29) is 5.54 Å². The van der Waals surface area contributed by atoms with Crippen molar-refractivity contribution in [1.29, 1.82) is 0 Å². The fourth-order valence-electron chi connectivity index (χ4n) is 1.32. The molecule has 0 aliphatic rings. The Morgan fingerprint density at radius 1 is 1.00 bits per heavy atom. The Kier molecular flexibility index (Phi) is 8.90. The Balaban J connectivity index is 3.05. The SMILES string of the molecule is CN(C)CCOCCCCCNC(C)(C)C. The summed E-state index contributed by atoms with van der Waals surface area (Å²) in [7, 11) is 4.14. The van der Waals surface area contributed by atoms with Crippen LogP contribution in [0, 0.1) is 0 Å². The first kappa shape index (κ1) is 15.9. The van der Waals surface area contributed by atoms with Gasteiger partial charge >= 0.3 is 0 Å². The highest BCUT2D eigenvalue weighted by molar-refractivity contribution is 4.69. The molecular weight excluding hydrogens is 200 g/mol. The lowest BCUT2D eigenvalue weighted by Gasteiger charge is -2.20. The van der Waals surface area contributed by atoms with Gasteiger partial charge in [0.2, 0.25) is 0 Å². The van der Waals surface area contributed by atoms with Crippen LogP contribution in [-0.4, -0.2) is 50.8 Å². The Morgan fingerprint density at radius 2 is 1.69 bits per heavy atom. The molecule has 0 aliphatic carbocycles. The zero-order valence-electron chi connectivity index (χ0n) is 11.8. The monoisotopic (exact) mass is 230 g/mol. The molecule has 0 saturated heterocycles. The van der Waals surface area contributed by atoms with E-state index in [2.05, 4.69) is 45.1 Å². The average Bonchev–Trinajstić information content (AvgIpc) is 2.13. The van der Waals surface area contributed by atoms with Crippen LogP contribution in [0.2, 0.25) is 0 Å². The average molecular weight is 230 g/mol. The van der Waals surface area contributed by atoms with Crippen molar-refractivity contribution in [2.45, 2.75) is 45.6 Å². The molecule has 0 rings (SSSR count). The molecule has 0 aromatic heterocycles. The summed E-state index contributed by atoms with van der Waals surface area (Å²) in [5, 5.41) is 3.49. The van der Waals surface area contributed by atoms with Gasteiger partial charge < -0.3 is 15.0 Å². The van der Waals surface area contributed by atoms with Gasteiger partial charge in [-0.25, -0.2) is 0 Å². The molecule has 0 heterocycles. The summed E-state index contributed by atoms with van der Waals surface area (Å²) in [6, 6.07) is 0. The smallest absolute Gasteiger partial charge is 0.0593 e. The fraction of sp³-hybridized carbons (Fsp3) is 1.00. The molecule has 0 atom stereocenters. The summed E-state index contributed by atoms with van der Waals surface area (Å²) >= 11 is 0. The third kappa shape index (κ3) is 13.9. The van der Waals surface area contributed by atoms with Crippen molar-refractivity contribution in [2.24, 2.45) is 0 Å². The van der Waals surface area contributed by atoms with Crippen LogP contribution < -0.4 is 5.32 Å². The highest BCUT2D eigenvalue weighted by atomic mass is 16.5. The van der Waals surface area contributed by atoms with Crippen molar-refractivity contribution < 1.29 is 4.74 Å². The van der Waals surface area contributed by atoms with Gasteiger partial charge in [-0.15, -0.1) is 0 Å². The Morgan fingerprint density at radius 3 is 2.25 bits per heavy atom. The second-order valence-electron chi connectivity index (χ2n) is 5.65. The van der Waals surface area contributed by atoms with E-state index in [0.717, 1.165) is 26.3 Å². The van der Waals surface area contributed by atoms with E-state index in [0.29, 0.717) is 0 Å². The zero-order valence-corrected chi connectivity index (χ0v) is 11.8. The number of unbranched alkanes of at least 4 members (excludes halogenated alkanes) is 2. The van der Waals surface area contributed by atoms with Gasteiger partial charge in [-0.3, -0.25) is 0 Å². The molecule has 1 N–H and O–H groups in total. The quantitative estimate of drug-likeness (QED) is 0.614. The number of hydrogen-bond acceptors (Lipinski definition) is 3. The van der Waals surface area contributed by atoms with Crippen molar-refractivity contribution in [1.82, 2.24) is 10.2 Å². The van der Waals surface area contributed by atoms with Crippen LogP contribution in [0.15, 0.2) is 0 Å². The van der Waals surface area contributed by atoms with E-state index in [1.807, 2.05) is 0 Å². The normalized spacial score (nSPS) is 12.4. The van der Waals surface area contributed by atoms with Crippen LogP contribution in [0.25, 0.3) is 0 Å². The first-order valence-corrected chi connectivity index (χ1v) is 6.39. The topological polar surface area (TPSA) is 24.5 Å². The van der Waals surface area contributed by atoms with E-state index in [1.165, 1.54) is 19.3 Å². The summed E-state index contributed by atoms with van der Waals surface area (Å²) in [5.41, 5.74) is 0.252. The molecule has 0 saturated carbocycles. The number of rotatable bonds is 9. The molecule has 0 aromatic rings. The van der Waals surface area contributed by atoms with E-state index < -0.39 is 0 Å². The molecule has 0 spiro atoms. The van der Waals surface area contributed by atoms with Gasteiger partial charge in [0.1, 0.15) is 0 Å². The number of likely N-dealkylation sites (N-methyl/N-ethyl adjacent to an activating group) is 1. The molecular formula is C13H30N2O. The maximum absolute atomic E-state index is 5.53. The first-order chi connectivity index (χ1) is 7.42. The van der Waals surface area contributed by atoms with Crippen LogP contribution in [0.1, 0.15) is 40.0 Å². The molecule has 0 radical (unpaired) electrons. The van der Waals surface area contributed by atoms with Gasteiger partial charge in [-0.2, -0.15) is 0 Å². The van der Waals surface area contributed by atoms with Crippen LogP contribution >= 0.6 is 0 Å². The number of ether oxygens (including phenoxy) is 1. The molecule has 0 amide bonds. The molecule has 0 unspecified atom stereocenters. The van der Waals surface area contributed by atoms with Crippen LogP contribution in [0.5, 0.6) is 0 Å². The van der Waals surface area contributed by atoms with Gasteiger partial charge in [0, 0.05) is 18.7 Å². The summed E-state index contributed by atoms with van der Waals surface area (Å²) < 4.78 is 5.53. The van der Waals surface area contributed by atoms with Gasteiger partial charge in [-0.05, 0) is 60.7 Å². The van der Waals surface area contributed by atoms with E-state index in [9.17, 15) is 0 Å². The summed E-state index contributed by atoms with van der Waals surface area (Å²) in [4.78, 5) is 2.15. The van der Waals surface area contributed by atoms with Gasteiger partial charge in [0.15, 0.2) is 0 Å². The standard InChI is InChI=1S/C13H30N2O/c1-13(2,3)14-9-7-6-8-11-16-12-10-15(4)5/h14H,6-12H2,1-5H3. The molecule has 0 aromatic carbocycles. The van der Waals surface area contributed by atoms with Crippen LogP contribution in [0.3, 0.4) is 0 Å². The third-order valence-electron chi connectivity index (χ3n) is 2.30. The van der Waals surface area contributed by atoms with E-state index in [4.69, 9.17) is 4.74 Å². The minimum Gasteiger partial charge on any atom is -0.380 e. The molecule has 16 heavy (non-hydrogen) atoms. The number of nitrogens with zero attached hydrogens (tertiary/aromatic N) is 1.